The minimum Gasteiger partial charge on any atom is -0.478 e. The number of nitrogens with zero attached hydrogens (tertiary/aromatic N) is 2. The fourth-order valence-electron chi connectivity index (χ4n) is 3.69. The highest BCUT2D eigenvalue weighted by molar-refractivity contribution is 7.91. The fourth-order valence-corrected chi connectivity index (χ4v) is 5.42. The van der Waals surface area contributed by atoms with Gasteiger partial charge in [-0.05, 0) is 42.7 Å². The third kappa shape index (κ3) is 5.76. The van der Waals surface area contributed by atoms with Gasteiger partial charge in [0.05, 0.1) is 11.5 Å². The maximum atomic E-state index is 14.1. The normalized spacial score (nSPS) is 18.4. The molecule has 0 spiro atoms. The summed E-state index contributed by atoms with van der Waals surface area (Å²) in [7, 11) is 0.705. The molecule has 2 aromatic carbocycles. The largest absolute Gasteiger partial charge is 0.478 e. The summed E-state index contributed by atoms with van der Waals surface area (Å²) in [4.78, 5) is 17.0. The summed E-state index contributed by atoms with van der Waals surface area (Å²) in [5.41, 5.74) is 1.92. The first-order chi connectivity index (χ1) is 14.7. The summed E-state index contributed by atoms with van der Waals surface area (Å²) in [5.74, 6) is -0.860. The molecule has 1 heterocycles. The van der Waals surface area contributed by atoms with Gasteiger partial charge in [0.1, 0.15) is 0 Å². The van der Waals surface area contributed by atoms with Gasteiger partial charge in [0.25, 0.3) is 5.91 Å². The first kappa shape index (κ1) is 23.1. The Hall–Kier alpha value is -2.61. The fraction of sp³-hybridized carbons (Fsp3) is 0.435. The number of ether oxygens (including phenoxy) is 1. The summed E-state index contributed by atoms with van der Waals surface area (Å²) in [6, 6.07) is 13.3. The highest BCUT2D eigenvalue weighted by Crippen LogP contribution is 2.25. The van der Waals surface area contributed by atoms with E-state index >= 15 is 0 Å². The number of carbonyl (C=O) groups excluding carboxylic acids is 1. The molecule has 1 aliphatic rings. The third-order valence-electron chi connectivity index (χ3n) is 5.49. The molecule has 0 aliphatic carbocycles. The van der Waals surface area contributed by atoms with Gasteiger partial charge in [0, 0.05) is 32.4 Å². The zero-order valence-electron chi connectivity index (χ0n) is 18.1. The molecule has 31 heavy (non-hydrogen) atoms. The zero-order chi connectivity index (χ0) is 22.6. The van der Waals surface area contributed by atoms with Gasteiger partial charge >= 0.3 is 0 Å². The second kappa shape index (κ2) is 9.68. The minimum absolute atomic E-state index is 0.0111. The van der Waals surface area contributed by atoms with E-state index in [-0.39, 0.29) is 29.7 Å². The van der Waals surface area contributed by atoms with E-state index in [1.165, 1.54) is 12.1 Å². The van der Waals surface area contributed by atoms with Gasteiger partial charge in [-0.25, -0.2) is 12.8 Å². The van der Waals surface area contributed by atoms with Crippen LogP contribution in [-0.2, 0) is 21.2 Å². The average Bonchev–Trinajstić information content (AvgIpc) is 3.10. The quantitative estimate of drug-likeness (QED) is 0.620. The molecular weight excluding hydrogens is 419 g/mol. The lowest BCUT2D eigenvalue weighted by molar-refractivity contribution is -0.141. The van der Waals surface area contributed by atoms with Crippen molar-refractivity contribution in [3.63, 3.8) is 0 Å². The van der Waals surface area contributed by atoms with E-state index in [9.17, 15) is 17.6 Å². The van der Waals surface area contributed by atoms with Crippen LogP contribution in [0.4, 0.5) is 10.1 Å². The number of hydrogen-bond acceptors (Lipinski definition) is 5. The van der Waals surface area contributed by atoms with E-state index in [0.29, 0.717) is 12.8 Å². The Kier molecular flexibility index (Phi) is 7.20. The van der Waals surface area contributed by atoms with Crippen molar-refractivity contribution in [2.24, 2.45) is 0 Å². The van der Waals surface area contributed by atoms with Crippen molar-refractivity contribution in [2.45, 2.75) is 38.5 Å². The number of sulfone groups is 1. The lowest BCUT2D eigenvalue weighted by Crippen LogP contribution is -2.47. The van der Waals surface area contributed by atoms with E-state index in [1.807, 2.05) is 43.3 Å². The first-order valence-electron chi connectivity index (χ1n) is 10.4. The monoisotopic (exact) mass is 448 g/mol. The summed E-state index contributed by atoms with van der Waals surface area (Å²) in [6.07, 6.45) is -0.177. The molecule has 3 rings (SSSR count). The number of carbonyl (C=O) groups is 1. The highest BCUT2D eigenvalue weighted by atomic mass is 32.2. The molecule has 2 aromatic rings. The Labute approximate surface area is 183 Å². The number of benzene rings is 2. The molecule has 0 N–H and O–H groups in total. The van der Waals surface area contributed by atoms with Crippen LogP contribution in [-0.4, -0.2) is 57.0 Å². The number of amides is 1. The van der Waals surface area contributed by atoms with Crippen LogP contribution in [0.2, 0.25) is 0 Å². The number of hydrogen-bond donors (Lipinski definition) is 0. The third-order valence-corrected chi connectivity index (χ3v) is 7.24. The standard InChI is InChI=1S/C23H29FN2O4S/c1-4-21(30-22-8-6-5-7-20(22)24)23(27)26(19-13-14-31(28,29)16-19)15-17-9-11-18(12-10-17)25(2)3/h5-12,19,21H,4,13-16H2,1-3H3. The van der Waals surface area contributed by atoms with Gasteiger partial charge in [-0.3, -0.25) is 4.79 Å². The lowest BCUT2D eigenvalue weighted by atomic mass is 10.1. The van der Waals surface area contributed by atoms with Crippen molar-refractivity contribution in [1.29, 1.82) is 0 Å². The number of anilines is 1. The molecule has 1 aliphatic heterocycles. The van der Waals surface area contributed by atoms with E-state index in [2.05, 4.69) is 0 Å². The predicted octanol–water partition coefficient (Wildman–Crippen LogP) is 3.27. The van der Waals surface area contributed by atoms with E-state index in [1.54, 1.807) is 24.0 Å². The van der Waals surface area contributed by atoms with Crippen molar-refractivity contribution < 1.29 is 22.3 Å². The molecule has 2 atom stereocenters. The molecule has 0 saturated carbocycles. The summed E-state index contributed by atoms with van der Waals surface area (Å²) >= 11 is 0. The van der Waals surface area contributed by atoms with Crippen molar-refractivity contribution in [1.82, 2.24) is 4.90 Å². The van der Waals surface area contributed by atoms with Crippen LogP contribution in [0.5, 0.6) is 5.75 Å². The van der Waals surface area contributed by atoms with Crippen molar-refractivity contribution in [3.8, 4) is 5.75 Å². The zero-order valence-corrected chi connectivity index (χ0v) is 18.9. The smallest absolute Gasteiger partial charge is 0.264 e. The predicted molar refractivity (Wildman–Crippen MR) is 119 cm³/mol. The topological polar surface area (TPSA) is 66.9 Å². The molecule has 168 valence electrons. The van der Waals surface area contributed by atoms with Crippen LogP contribution in [0.3, 0.4) is 0 Å². The number of rotatable bonds is 8. The molecule has 0 aromatic heterocycles. The van der Waals surface area contributed by atoms with Crippen LogP contribution in [0.15, 0.2) is 48.5 Å². The van der Waals surface area contributed by atoms with Crippen molar-refractivity contribution >= 4 is 21.4 Å². The van der Waals surface area contributed by atoms with Crippen LogP contribution in [0.25, 0.3) is 0 Å². The Balaban J connectivity index is 1.85. The van der Waals surface area contributed by atoms with Gasteiger partial charge in [-0.1, -0.05) is 31.2 Å². The summed E-state index contributed by atoms with van der Waals surface area (Å²) in [6.45, 7) is 2.06. The molecular formula is C23H29FN2O4S. The van der Waals surface area contributed by atoms with Crippen LogP contribution >= 0.6 is 0 Å². The Morgan fingerprint density at radius 2 is 1.84 bits per heavy atom. The SMILES string of the molecule is CCC(Oc1ccccc1F)C(=O)N(Cc1ccc(N(C)C)cc1)C1CCS(=O)(=O)C1. The Morgan fingerprint density at radius 3 is 2.39 bits per heavy atom. The molecule has 8 heteroatoms. The molecule has 2 unspecified atom stereocenters. The van der Waals surface area contributed by atoms with E-state index in [4.69, 9.17) is 4.74 Å². The molecule has 1 amide bonds. The van der Waals surface area contributed by atoms with Crippen LogP contribution in [0.1, 0.15) is 25.3 Å². The molecule has 1 saturated heterocycles. The second-order valence-electron chi connectivity index (χ2n) is 8.03. The summed E-state index contributed by atoms with van der Waals surface area (Å²) < 4.78 is 44.0. The minimum atomic E-state index is -3.18. The van der Waals surface area contributed by atoms with Crippen molar-refractivity contribution in [3.05, 3.63) is 59.9 Å². The number of para-hydroxylation sites is 1. The number of halogens is 1. The summed E-state index contributed by atoms with van der Waals surface area (Å²) in [5, 5.41) is 0. The van der Waals surface area contributed by atoms with E-state index in [0.717, 1.165) is 11.3 Å². The van der Waals surface area contributed by atoms with Gasteiger partial charge in [-0.2, -0.15) is 0 Å². The van der Waals surface area contributed by atoms with Gasteiger partial charge < -0.3 is 14.5 Å². The van der Waals surface area contributed by atoms with Gasteiger partial charge in [0.15, 0.2) is 27.5 Å². The maximum absolute atomic E-state index is 14.1. The maximum Gasteiger partial charge on any atom is 0.264 e. The Bertz CT molecular complexity index is 1010. The van der Waals surface area contributed by atoms with Crippen LogP contribution in [0, 0.1) is 5.82 Å². The van der Waals surface area contributed by atoms with Crippen molar-refractivity contribution in [2.75, 3.05) is 30.5 Å². The Morgan fingerprint density at radius 1 is 1.16 bits per heavy atom. The van der Waals surface area contributed by atoms with E-state index < -0.39 is 27.8 Å². The second-order valence-corrected chi connectivity index (χ2v) is 10.3. The van der Waals surface area contributed by atoms with Gasteiger partial charge in [0.2, 0.25) is 0 Å². The molecule has 6 nitrogen and oxygen atoms in total. The van der Waals surface area contributed by atoms with Crippen LogP contribution < -0.4 is 9.64 Å². The molecule has 1 fully saturated rings. The van der Waals surface area contributed by atoms with Gasteiger partial charge in [-0.15, -0.1) is 0 Å². The first-order valence-corrected chi connectivity index (χ1v) is 12.2. The molecule has 0 radical (unpaired) electrons. The average molecular weight is 449 g/mol. The molecule has 0 bridgehead atoms. The lowest BCUT2D eigenvalue weighted by Gasteiger charge is -2.32. The highest BCUT2D eigenvalue weighted by Gasteiger charge is 2.37.